The molecule has 0 unspecified atom stereocenters. The third-order valence-corrected chi connectivity index (χ3v) is 2.44. The second kappa shape index (κ2) is 3.69. The third-order valence-electron chi connectivity index (χ3n) is 2.44. The number of nitro groups is 1. The van der Waals surface area contributed by atoms with E-state index in [-0.39, 0.29) is 5.69 Å². The van der Waals surface area contributed by atoms with Crippen molar-refractivity contribution in [3.05, 3.63) is 40.0 Å². The topological polar surface area (TPSA) is 69.4 Å². The van der Waals surface area contributed by atoms with Crippen molar-refractivity contribution in [2.75, 3.05) is 0 Å². The Morgan fingerprint density at radius 3 is 2.71 bits per heavy atom. The van der Waals surface area contributed by atoms with Gasteiger partial charge >= 0.3 is 0 Å². The lowest BCUT2D eigenvalue weighted by atomic mass is 9.95. The zero-order valence-corrected chi connectivity index (χ0v) is 9.39. The van der Waals surface area contributed by atoms with E-state index in [1.807, 2.05) is 0 Å². The fraction of sp³-hybridized carbons (Fsp3) is 0.250. The van der Waals surface area contributed by atoms with Crippen LogP contribution in [0.3, 0.4) is 0 Å². The summed E-state index contributed by atoms with van der Waals surface area (Å²) in [6.07, 6.45) is 3.39. The molecule has 5 nitrogen and oxygen atoms in total. The Kier molecular flexibility index (Phi) is 2.46. The number of nitrogens with zero attached hydrogens (tertiary/aromatic N) is 1. The number of hydrogen-bond donors (Lipinski definition) is 0. The van der Waals surface area contributed by atoms with Gasteiger partial charge in [0.05, 0.1) is 4.92 Å². The Hall–Kier alpha value is -2.17. The van der Waals surface area contributed by atoms with E-state index in [0.29, 0.717) is 16.9 Å². The van der Waals surface area contributed by atoms with Crippen LogP contribution < -0.4 is 4.74 Å². The second-order valence-electron chi connectivity index (χ2n) is 4.30. The normalized spacial score (nSPS) is 16.5. The Bertz CT molecular complexity index is 531. The second-order valence-corrected chi connectivity index (χ2v) is 4.30. The highest BCUT2D eigenvalue weighted by Gasteiger charge is 2.28. The predicted octanol–water partition coefficient (Wildman–Crippen LogP) is 2.26. The van der Waals surface area contributed by atoms with Crippen molar-refractivity contribution in [3.63, 3.8) is 0 Å². The molecular weight excluding hydrogens is 222 g/mol. The Morgan fingerprint density at radius 2 is 2.12 bits per heavy atom. The molecule has 87 valence electrons. The zero-order valence-electron chi connectivity index (χ0n) is 9.39. The molecule has 5 heteroatoms. The third kappa shape index (κ3) is 2.04. The summed E-state index contributed by atoms with van der Waals surface area (Å²) < 4.78 is 5.61. The van der Waals surface area contributed by atoms with Gasteiger partial charge in [0.25, 0.3) is 5.69 Å². The van der Waals surface area contributed by atoms with Crippen LogP contribution in [0, 0.1) is 10.1 Å². The molecule has 0 N–H and O–H groups in total. The molecule has 0 saturated heterocycles. The van der Waals surface area contributed by atoms with Gasteiger partial charge in [-0.2, -0.15) is 0 Å². The monoisotopic (exact) mass is 232 g/mol. The average molecular weight is 232 g/mol. The molecule has 1 aliphatic rings. The average Bonchev–Trinajstić information content (AvgIpc) is 2.26. The fourth-order valence-corrected chi connectivity index (χ4v) is 1.75. The van der Waals surface area contributed by atoms with E-state index >= 15 is 0 Å². The van der Waals surface area contributed by atoms with Crippen LogP contribution in [0.1, 0.15) is 19.4 Å². The molecule has 2 rings (SSSR count). The smallest absolute Gasteiger partial charge is 0.270 e. The molecule has 1 aromatic carbocycles. The first-order valence-electron chi connectivity index (χ1n) is 5.02. The number of nitro benzene ring substituents is 1. The first-order chi connectivity index (χ1) is 7.93. The number of fused-ring (bicyclic) bond motifs is 1. The summed E-state index contributed by atoms with van der Waals surface area (Å²) in [4.78, 5) is 21.0. The Labute approximate surface area is 97.9 Å². The number of ether oxygens (including phenoxy) is 1. The van der Waals surface area contributed by atoms with Gasteiger partial charge in [-0.3, -0.25) is 14.9 Å². The first kappa shape index (κ1) is 11.3. The summed E-state index contributed by atoms with van der Waals surface area (Å²) in [6, 6.07) is 4.17. The summed E-state index contributed by atoms with van der Waals surface area (Å²) in [6.45, 7) is 3.60. The minimum Gasteiger partial charge on any atom is -0.483 e. The number of carbonyl (C=O) groups excluding carboxylic acids is 1. The number of benzene rings is 1. The van der Waals surface area contributed by atoms with Crippen LogP contribution >= 0.6 is 0 Å². The van der Waals surface area contributed by atoms with Crippen molar-refractivity contribution in [2.45, 2.75) is 19.4 Å². The lowest BCUT2D eigenvalue weighted by molar-refractivity contribution is -0.384. The minimum absolute atomic E-state index is 0.0757. The van der Waals surface area contributed by atoms with Crippen molar-refractivity contribution in [1.29, 1.82) is 0 Å². The van der Waals surface area contributed by atoms with E-state index in [1.54, 1.807) is 26.2 Å². The van der Waals surface area contributed by atoms with E-state index in [2.05, 4.69) is 0 Å². The predicted molar refractivity (Wildman–Crippen MR) is 61.5 cm³/mol. The molecule has 0 atom stereocenters. The molecule has 0 fully saturated rings. The highest BCUT2D eigenvalue weighted by atomic mass is 16.6. The summed E-state index contributed by atoms with van der Waals surface area (Å²) in [7, 11) is 0. The number of allylic oxidation sites excluding steroid dienone is 1. The molecule has 17 heavy (non-hydrogen) atoms. The highest BCUT2D eigenvalue weighted by Crippen LogP contribution is 2.37. The Morgan fingerprint density at radius 1 is 1.41 bits per heavy atom. The lowest BCUT2D eigenvalue weighted by Gasteiger charge is -2.29. The van der Waals surface area contributed by atoms with Gasteiger partial charge in [-0.05, 0) is 26.0 Å². The maximum atomic E-state index is 10.9. The molecule has 1 aliphatic heterocycles. The van der Waals surface area contributed by atoms with E-state index in [0.717, 1.165) is 0 Å². The van der Waals surface area contributed by atoms with Crippen molar-refractivity contribution in [2.24, 2.45) is 0 Å². The SMILES string of the molecule is CC1(C)C=C([C]=O)c2cc([N+](=O)[O-])ccc2O1. The van der Waals surface area contributed by atoms with Crippen molar-refractivity contribution in [3.8, 4) is 5.75 Å². The van der Waals surface area contributed by atoms with Gasteiger partial charge in [0.1, 0.15) is 11.4 Å². The maximum absolute atomic E-state index is 10.9. The van der Waals surface area contributed by atoms with Gasteiger partial charge in [-0.15, -0.1) is 0 Å². The number of hydrogen-bond acceptors (Lipinski definition) is 4. The molecule has 1 radical (unpaired) electrons. The standard InChI is InChI=1S/C12H10NO4/c1-12(2)6-8(7-14)10-5-9(13(15)16)3-4-11(10)17-12/h3-6H,1-2H3. The van der Waals surface area contributed by atoms with Crippen LogP contribution in [-0.2, 0) is 4.79 Å². The Balaban J connectivity index is 2.59. The molecular formula is C12H10NO4. The maximum Gasteiger partial charge on any atom is 0.270 e. The summed E-state index contributed by atoms with van der Waals surface area (Å²) in [5, 5.41) is 10.7. The van der Waals surface area contributed by atoms with Crippen molar-refractivity contribution < 1.29 is 14.5 Å². The van der Waals surface area contributed by atoms with Gasteiger partial charge in [0.15, 0.2) is 0 Å². The van der Waals surface area contributed by atoms with Crippen LogP contribution in [0.4, 0.5) is 5.69 Å². The van der Waals surface area contributed by atoms with Crippen LogP contribution in [0.2, 0.25) is 0 Å². The van der Waals surface area contributed by atoms with Gasteiger partial charge in [-0.1, -0.05) is 0 Å². The van der Waals surface area contributed by atoms with Gasteiger partial charge < -0.3 is 4.74 Å². The largest absolute Gasteiger partial charge is 0.483 e. The molecule has 0 amide bonds. The van der Waals surface area contributed by atoms with E-state index in [1.165, 1.54) is 18.2 Å². The van der Waals surface area contributed by atoms with Crippen LogP contribution in [-0.4, -0.2) is 16.8 Å². The van der Waals surface area contributed by atoms with Crippen molar-refractivity contribution in [1.82, 2.24) is 0 Å². The summed E-state index contributed by atoms with van der Waals surface area (Å²) in [5.74, 6) is 0.460. The molecule has 1 aromatic rings. The highest BCUT2D eigenvalue weighted by molar-refractivity contribution is 6.09. The van der Waals surface area contributed by atoms with Crippen LogP contribution in [0.15, 0.2) is 24.3 Å². The quantitative estimate of drug-likeness (QED) is 0.579. The zero-order chi connectivity index (χ0) is 12.6. The van der Waals surface area contributed by atoms with Crippen LogP contribution in [0.25, 0.3) is 5.57 Å². The molecule has 0 spiro atoms. The minimum atomic E-state index is -0.615. The van der Waals surface area contributed by atoms with E-state index in [4.69, 9.17) is 4.74 Å². The fourth-order valence-electron chi connectivity index (χ4n) is 1.75. The molecule has 0 bridgehead atoms. The van der Waals surface area contributed by atoms with Gasteiger partial charge in [0, 0.05) is 23.3 Å². The van der Waals surface area contributed by atoms with Crippen molar-refractivity contribution >= 4 is 17.5 Å². The number of rotatable bonds is 2. The lowest BCUT2D eigenvalue weighted by Crippen LogP contribution is -2.29. The van der Waals surface area contributed by atoms with Crippen LogP contribution in [0.5, 0.6) is 5.75 Å². The summed E-state index contributed by atoms with van der Waals surface area (Å²) >= 11 is 0. The van der Waals surface area contributed by atoms with E-state index < -0.39 is 10.5 Å². The number of non-ortho nitro benzene ring substituents is 1. The molecule has 0 saturated carbocycles. The molecule has 1 heterocycles. The first-order valence-corrected chi connectivity index (χ1v) is 5.02. The summed E-state index contributed by atoms with van der Waals surface area (Å²) in [5.41, 5.74) is 0.0114. The van der Waals surface area contributed by atoms with E-state index in [9.17, 15) is 14.9 Å². The molecule has 0 aliphatic carbocycles. The van der Waals surface area contributed by atoms with Gasteiger partial charge in [-0.25, -0.2) is 0 Å². The van der Waals surface area contributed by atoms with Gasteiger partial charge in [0.2, 0.25) is 6.29 Å². The molecule has 0 aromatic heterocycles.